The van der Waals surface area contributed by atoms with E-state index in [4.69, 9.17) is 14.2 Å². The highest BCUT2D eigenvalue weighted by Crippen LogP contribution is 2.28. The number of ether oxygens (including phenoxy) is 3. The number of amides is 1. The minimum Gasteiger partial charge on any atom is -0.496 e. The molecule has 0 bridgehead atoms. The average molecular weight is 422 g/mol. The normalized spacial score (nSPS) is 15.7. The van der Waals surface area contributed by atoms with Crippen LogP contribution in [0.4, 0.5) is 0 Å². The fourth-order valence-electron chi connectivity index (χ4n) is 3.77. The Morgan fingerprint density at radius 1 is 1.03 bits per heavy atom. The summed E-state index contributed by atoms with van der Waals surface area (Å²) in [5.41, 5.74) is 0.810. The summed E-state index contributed by atoms with van der Waals surface area (Å²) in [5, 5.41) is 8.53. The zero-order valence-electron chi connectivity index (χ0n) is 17.9. The Labute approximate surface area is 181 Å². The van der Waals surface area contributed by atoms with Crippen LogP contribution in [0, 0.1) is 0 Å². The van der Waals surface area contributed by atoms with Crippen LogP contribution in [0.2, 0.25) is 0 Å². The Hall–Kier alpha value is -3.55. The number of carbonyl (C=O) groups is 1. The lowest BCUT2D eigenvalue weighted by Crippen LogP contribution is -2.35. The first-order valence-corrected chi connectivity index (χ1v) is 10.3. The maximum atomic E-state index is 13.2. The van der Waals surface area contributed by atoms with Crippen LogP contribution >= 0.6 is 0 Å². The predicted molar refractivity (Wildman–Crippen MR) is 115 cm³/mol. The van der Waals surface area contributed by atoms with E-state index >= 15 is 0 Å². The molecule has 1 fully saturated rings. The van der Waals surface area contributed by atoms with Gasteiger partial charge in [0, 0.05) is 36.5 Å². The van der Waals surface area contributed by atoms with Crippen molar-refractivity contribution in [1.82, 2.24) is 19.7 Å². The second kappa shape index (κ2) is 9.07. The molecular weight excluding hydrogens is 396 g/mol. The number of hydrogen-bond donors (Lipinski definition) is 0. The number of nitrogens with zero attached hydrogens (tertiary/aromatic N) is 4. The molecule has 0 spiro atoms. The van der Waals surface area contributed by atoms with Crippen LogP contribution in [-0.2, 0) is 6.61 Å². The quantitative estimate of drug-likeness (QED) is 0.580. The van der Waals surface area contributed by atoms with Crippen LogP contribution in [0.3, 0.4) is 0 Å². The molecule has 1 aromatic heterocycles. The van der Waals surface area contributed by atoms with Gasteiger partial charge in [-0.15, -0.1) is 10.2 Å². The summed E-state index contributed by atoms with van der Waals surface area (Å²) >= 11 is 0. The molecule has 1 aliphatic rings. The molecular formula is C23H26N4O4. The number of likely N-dealkylation sites (tertiary alicyclic amines) is 1. The van der Waals surface area contributed by atoms with Crippen LogP contribution in [0.15, 0.2) is 48.5 Å². The Balaban J connectivity index is 1.65. The third kappa shape index (κ3) is 4.33. The van der Waals surface area contributed by atoms with Gasteiger partial charge in [0.25, 0.3) is 5.91 Å². The van der Waals surface area contributed by atoms with Crippen molar-refractivity contribution in [2.75, 3.05) is 20.8 Å². The molecule has 162 valence electrons. The van der Waals surface area contributed by atoms with Crippen molar-refractivity contribution in [3.63, 3.8) is 0 Å². The van der Waals surface area contributed by atoms with E-state index < -0.39 is 0 Å². The fraction of sp³-hybridized carbons (Fsp3) is 0.348. The number of benzene rings is 2. The average Bonchev–Trinajstić information content (AvgIpc) is 3.43. The van der Waals surface area contributed by atoms with E-state index in [2.05, 4.69) is 17.1 Å². The molecule has 31 heavy (non-hydrogen) atoms. The molecule has 1 amide bonds. The van der Waals surface area contributed by atoms with E-state index in [-0.39, 0.29) is 18.6 Å². The van der Waals surface area contributed by atoms with Gasteiger partial charge in [0.05, 0.1) is 14.2 Å². The fourth-order valence-corrected chi connectivity index (χ4v) is 3.77. The van der Waals surface area contributed by atoms with Crippen molar-refractivity contribution >= 4 is 5.91 Å². The van der Waals surface area contributed by atoms with E-state index in [1.807, 2.05) is 35.2 Å². The first-order valence-electron chi connectivity index (χ1n) is 10.3. The molecule has 1 saturated heterocycles. The van der Waals surface area contributed by atoms with Crippen molar-refractivity contribution in [2.45, 2.75) is 32.4 Å². The molecule has 0 saturated carbocycles. The minimum absolute atomic E-state index is 0.115. The highest BCUT2D eigenvalue weighted by Gasteiger charge is 2.30. The van der Waals surface area contributed by atoms with Crippen LogP contribution in [0.25, 0.3) is 5.69 Å². The summed E-state index contributed by atoms with van der Waals surface area (Å²) in [6.07, 6.45) is 2.00. The standard InChI is InChI=1S/C23H26N4O4/c1-16-8-7-11-26(16)23(28)22-25-24-21(27(22)17-9-5-4-6-10-17)15-31-20-13-18(29-2)12-19(14-20)30-3/h4-6,9-10,12-14,16H,7-8,11,15H2,1-3H3/t16-/m0/s1. The second-order valence-corrected chi connectivity index (χ2v) is 7.44. The molecule has 2 heterocycles. The van der Waals surface area contributed by atoms with Gasteiger partial charge in [-0.05, 0) is 31.9 Å². The summed E-state index contributed by atoms with van der Waals surface area (Å²) in [6.45, 7) is 2.92. The first kappa shape index (κ1) is 20.7. The molecule has 8 heteroatoms. The van der Waals surface area contributed by atoms with Crippen molar-refractivity contribution in [2.24, 2.45) is 0 Å². The molecule has 1 atom stereocenters. The summed E-state index contributed by atoms with van der Waals surface area (Å²) in [6, 6.07) is 15.1. The monoisotopic (exact) mass is 422 g/mol. The molecule has 0 radical (unpaired) electrons. The number of para-hydroxylation sites is 1. The molecule has 2 aromatic carbocycles. The maximum absolute atomic E-state index is 13.2. The van der Waals surface area contributed by atoms with E-state index in [9.17, 15) is 4.79 Å². The van der Waals surface area contributed by atoms with Crippen LogP contribution in [-0.4, -0.2) is 52.4 Å². The highest BCUT2D eigenvalue weighted by atomic mass is 16.5. The SMILES string of the molecule is COc1cc(OC)cc(OCc2nnc(C(=O)N3CCC[C@@H]3C)n2-c2ccccc2)c1. The number of rotatable bonds is 7. The molecule has 0 N–H and O–H groups in total. The lowest BCUT2D eigenvalue weighted by atomic mass is 10.2. The molecule has 1 aliphatic heterocycles. The number of hydrogen-bond acceptors (Lipinski definition) is 6. The zero-order chi connectivity index (χ0) is 21.8. The number of carbonyl (C=O) groups excluding carboxylic acids is 1. The van der Waals surface area contributed by atoms with E-state index in [1.54, 1.807) is 37.0 Å². The lowest BCUT2D eigenvalue weighted by molar-refractivity contribution is 0.0732. The summed E-state index contributed by atoms with van der Waals surface area (Å²) < 4.78 is 18.3. The largest absolute Gasteiger partial charge is 0.496 e. The highest BCUT2D eigenvalue weighted by molar-refractivity contribution is 5.91. The summed E-state index contributed by atoms with van der Waals surface area (Å²) in [7, 11) is 3.17. The van der Waals surface area contributed by atoms with Crippen molar-refractivity contribution in [3.05, 3.63) is 60.2 Å². The number of aromatic nitrogens is 3. The van der Waals surface area contributed by atoms with Gasteiger partial charge in [-0.2, -0.15) is 0 Å². The second-order valence-electron chi connectivity index (χ2n) is 7.44. The topological polar surface area (TPSA) is 78.7 Å². The molecule has 4 rings (SSSR count). The Morgan fingerprint density at radius 3 is 2.32 bits per heavy atom. The van der Waals surface area contributed by atoms with Gasteiger partial charge in [-0.3, -0.25) is 9.36 Å². The van der Waals surface area contributed by atoms with Gasteiger partial charge in [0.2, 0.25) is 5.82 Å². The lowest BCUT2D eigenvalue weighted by Gasteiger charge is -2.21. The number of methoxy groups -OCH3 is 2. The van der Waals surface area contributed by atoms with Crippen molar-refractivity contribution in [1.29, 1.82) is 0 Å². The van der Waals surface area contributed by atoms with Crippen LogP contribution < -0.4 is 14.2 Å². The van der Waals surface area contributed by atoms with Gasteiger partial charge in [0.1, 0.15) is 23.9 Å². The Bertz CT molecular complexity index is 1030. The van der Waals surface area contributed by atoms with Gasteiger partial charge >= 0.3 is 0 Å². The van der Waals surface area contributed by atoms with E-state index in [0.29, 0.717) is 28.9 Å². The van der Waals surface area contributed by atoms with Gasteiger partial charge in [0.15, 0.2) is 5.82 Å². The molecule has 8 nitrogen and oxygen atoms in total. The molecule has 0 unspecified atom stereocenters. The van der Waals surface area contributed by atoms with Crippen molar-refractivity contribution < 1.29 is 19.0 Å². The third-order valence-electron chi connectivity index (χ3n) is 5.44. The van der Waals surface area contributed by atoms with Crippen molar-refractivity contribution in [3.8, 4) is 22.9 Å². The van der Waals surface area contributed by atoms with E-state index in [1.165, 1.54) is 0 Å². The Kier molecular flexibility index (Phi) is 6.06. The van der Waals surface area contributed by atoms with Gasteiger partial charge in [-0.25, -0.2) is 0 Å². The third-order valence-corrected chi connectivity index (χ3v) is 5.44. The maximum Gasteiger partial charge on any atom is 0.292 e. The van der Waals surface area contributed by atoms with E-state index in [0.717, 1.165) is 25.1 Å². The Morgan fingerprint density at radius 2 is 1.71 bits per heavy atom. The summed E-state index contributed by atoms with van der Waals surface area (Å²) in [4.78, 5) is 15.1. The predicted octanol–water partition coefficient (Wildman–Crippen LogP) is 3.49. The van der Waals surface area contributed by atoms with Crippen LogP contribution in [0.5, 0.6) is 17.2 Å². The summed E-state index contributed by atoms with van der Waals surface area (Å²) in [5.74, 6) is 2.52. The van der Waals surface area contributed by atoms with Gasteiger partial charge in [-0.1, -0.05) is 18.2 Å². The first-order chi connectivity index (χ1) is 15.1. The zero-order valence-corrected chi connectivity index (χ0v) is 17.9. The molecule has 3 aromatic rings. The van der Waals surface area contributed by atoms with Gasteiger partial charge < -0.3 is 19.1 Å². The smallest absolute Gasteiger partial charge is 0.292 e. The van der Waals surface area contributed by atoms with Crippen LogP contribution in [0.1, 0.15) is 36.2 Å². The minimum atomic E-state index is -0.115. The molecule has 0 aliphatic carbocycles.